The van der Waals surface area contributed by atoms with Gasteiger partial charge in [0.25, 0.3) is 0 Å². The number of carbonyl (C=O) groups excluding carboxylic acids is 1. The maximum absolute atomic E-state index is 12.6. The zero-order chi connectivity index (χ0) is 18.0. The van der Waals surface area contributed by atoms with Gasteiger partial charge in [-0.15, -0.1) is 0 Å². The second-order valence-corrected chi connectivity index (χ2v) is 7.59. The van der Waals surface area contributed by atoms with Crippen LogP contribution in [-0.4, -0.2) is 66.1 Å². The van der Waals surface area contributed by atoms with Crippen LogP contribution in [0.5, 0.6) is 0 Å². The predicted molar refractivity (Wildman–Crippen MR) is 97.8 cm³/mol. The molecule has 1 N–H and O–H groups in total. The zero-order valence-corrected chi connectivity index (χ0v) is 15.4. The van der Waals surface area contributed by atoms with Crippen LogP contribution in [0.1, 0.15) is 25.7 Å². The van der Waals surface area contributed by atoms with Crippen LogP contribution in [0.15, 0.2) is 24.0 Å². The van der Waals surface area contributed by atoms with Crippen molar-refractivity contribution in [1.29, 1.82) is 0 Å². The van der Waals surface area contributed by atoms with Crippen molar-refractivity contribution in [3.63, 3.8) is 0 Å². The average Bonchev–Trinajstić information content (AvgIpc) is 3.07. The third kappa shape index (κ3) is 3.43. The Morgan fingerprint density at radius 3 is 3.12 bits per heavy atom. The SMILES string of the molecule is Cn1cc(NC(=O)CN2CCC[C@]3(C4=CCOCC4)COCC[C@@H]23)cn1. The van der Waals surface area contributed by atoms with Gasteiger partial charge in [0.05, 0.1) is 38.2 Å². The third-order valence-electron chi connectivity index (χ3n) is 5.98. The Bertz CT molecular complexity index is 682. The summed E-state index contributed by atoms with van der Waals surface area (Å²) in [4.78, 5) is 15.0. The zero-order valence-electron chi connectivity index (χ0n) is 15.4. The van der Waals surface area contributed by atoms with Gasteiger partial charge in [0.15, 0.2) is 0 Å². The fraction of sp³-hybridized carbons (Fsp3) is 0.684. The summed E-state index contributed by atoms with van der Waals surface area (Å²) in [6.45, 7) is 4.43. The molecule has 0 unspecified atom stereocenters. The molecule has 4 heterocycles. The molecule has 2 fully saturated rings. The van der Waals surface area contributed by atoms with Crippen molar-refractivity contribution in [3.8, 4) is 0 Å². The molecule has 2 atom stereocenters. The normalized spacial score (nSPS) is 29.7. The number of nitrogens with zero attached hydrogens (tertiary/aromatic N) is 3. The quantitative estimate of drug-likeness (QED) is 0.826. The largest absolute Gasteiger partial charge is 0.380 e. The third-order valence-corrected chi connectivity index (χ3v) is 5.98. The van der Waals surface area contributed by atoms with Crippen LogP contribution < -0.4 is 5.32 Å². The first kappa shape index (κ1) is 17.7. The lowest BCUT2D eigenvalue weighted by atomic mass is 9.65. The maximum Gasteiger partial charge on any atom is 0.238 e. The van der Waals surface area contributed by atoms with Crippen molar-refractivity contribution >= 4 is 11.6 Å². The summed E-state index contributed by atoms with van der Waals surface area (Å²) in [5, 5.41) is 7.07. The molecule has 142 valence electrons. The average molecular weight is 360 g/mol. The first-order chi connectivity index (χ1) is 12.7. The number of piperidine rings is 1. The topological polar surface area (TPSA) is 68.6 Å². The van der Waals surface area contributed by atoms with Crippen LogP contribution in [0.2, 0.25) is 0 Å². The van der Waals surface area contributed by atoms with Crippen molar-refractivity contribution in [1.82, 2.24) is 14.7 Å². The van der Waals surface area contributed by atoms with E-state index in [-0.39, 0.29) is 11.3 Å². The number of anilines is 1. The molecule has 7 nitrogen and oxygen atoms in total. The number of rotatable bonds is 4. The maximum atomic E-state index is 12.6. The van der Waals surface area contributed by atoms with E-state index in [1.807, 2.05) is 13.2 Å². The second-order valence-electron chi connectivity index (χ2n) is 7.59. The van der Waals surface area contributed by atoms with E-state index in [4.69, 9.17) is 9.47 Å². The molecule has 7 heteroatoms. The van der Waals surface area contributed by atoms with E-state index in [0.29, 0.717) is 19.2 Å². The Kier molecular flexibility index (Phi) is 5.11. The molecule has 1 aromatic rings. The molecule has 1 amide bonds. The molecule has 0 saturated carbocycles. The van der Waals surface area contributed by atoms with Gasteiger partial charge in [0.1, 0.15) is 0 Å². The highest BCUT2D eigenvalue weighted by molar-refractivity contribution is 5.92. The minimum absolute atomic E-state index is 0.0289. The smallest absolute Gasteiger partial charge is 0.238 e. The molecule has 4 rings (SSSR count). The van der Waals surface area contributed by atoms with Crippen LogP contribution in [0.25, 0.3) is 0 Å². The second kappa shape index (κ2) is 7.50. The van der Waals surface area contributed by atoms with Crippen LogP contribution in [0, 0.1) is 5.41 Å². The van der Waals surface area contributed by atoms with Crippen LogP contribution in [0.3, 0.4) is 0 Å². The first-order valence-electron chi connectivity index (χ1n) is 9.55. The molecular formula is C19H28N4O3. The molecule has 1 aromatic heterocycles. The number of carbonyl (C=O) groups is 1. The number of fused-ring (bicyclic) bond motifs is 1. The van der Waals surface area contributed by atoms with Gasteiger partial charge in [-0.05, 0) is 32.2 Å². The number of hydrogen-bond acceptors (Lipinski definition) is 5. The summed E-state index contributed by atoms with van der Waals surface area (Å²) < 4.78 is 13.1. The van der Waals surface area contributed by atoms with E-state index in [1.165, 1.54) is 5.57 Å². The first-order valence-corrected chi connectivity index (χ1v) is 9.55. The minimum atomic E-state index is 0.0289. The van der Waals surface area contributed by atoms with Gasteiger partial charge < -0.3 is 14.8 Å². The highest BCUT2D eigenvalue weighted by Gasteiger charge is 2.49. The summed E-state index contributed by atoms with van der Waals surface area (Å²) in [7, 11) is 1.85. The molecular weight excluding hydrogens is 332 g/mol. The summed E-state index contributed by atoms with van der Waals surface area (Å²) in [6, 6.07) is 0.369. The Labute approximate surface area is 154 Å². The molecule has 0 spiro atoms. The van der Waals surface area contributed by atoms with Crippen LogP contribution >= 0.6 is 0 Å². The van der Waals surface area contributed by atoms with Crippen molar-refractivity contribution < 1.29 is 14.3 Å². The van der Waals surface area contributed by atoms with E-state index < -0.39 is 0 Å². The summed E-state index contributed by atoms with van der Waals surface area (Å²) >= 11 is 0. The number of nitrogens with one attached hydrogen (secondary N) is 1. The van der Waals surface area contributed by atoms with E-state index in [9.17, 15) is 4.79 Å². The van der Waals surface area contributed by atoms with Gasteiger partial charge in [0, 0.05) is 31.3 Å². The molecule has 0 radical (unpaired) electrons. The lowest BCUT2D eigenvalue weighted by Gasteiger charge is -2.54. The summed E-state index contributed by atoms with van der Waals surface area (Å²) in [5.74, 6) is 0.0289. The van der Waals surface area contributed by atoms with Crippen LogP contribution in [-0.2, 0) is 21.3 Å². The van der Waals surface area contributed by atoms with Gasteiger partial charge in [-0.1, -0.05) is 11.6 Å². The number of likely N-dealkylation sites (tertiary alicyclic amines) is 1. The summed E-state index contributed by atoms with van der Waals surface area (Å²) in [6.07, 6.45) is 9.96. The Morgan fingerprint density at radius 2 is 2.35 bits per heavy atom. The van der Waals surface area contributed by atoms with Gasteiger partial charge in [-0.3, -0.25) is 14.4 Å². The van der Waals surface area contributed by atoms with E-state index in [1.54, 1.807) is 10.9 Å². The van der Waals surface area contributed by atoms with Crippen molar-refractivity contribution in [2.45, 2.75) is 31.7 Å². The van der Waals surface area contributed by atoms with E-state index >= 15 is 0 Å². The highest BCUT2D eigenvalue weighted by Crippen LogP contribution is 2.47. The van der Waals surface area contributed by atoms with Crippen molar-refractivity contribution in [3.05, 3.63) is 24.0 Å². The van der Waals surface area contributed by atoms with E-state index in [0.717, 1.165) is 57.7 Å². The fourth-order valence-electron chi connectivity index (χ4n) is 4.85. The summed E-state index contributed by atoms with van der Waals surface area (Å²) in [5.41, 5.74) is 2.28. The number of ether oxygens (including phenoxy) is 2. The van der Waals surface area contributed by atoms with Crippen LogP contribution in [0.4, 0.5) is 5.69 Å². The molecule has 3 aliphatic rings. The monoisotopic (exact) mass is 360 g/mol. The predicted octanol–water partition coefficient (Wildman–Crippen LogP) is 1.58. The van der Waals surface area contributed by atoms with Gasteiger partial charge >= 0.3 is 0 Å². The number of aromatic nitrogens is 2. The number of aryl methyl sites for hydroxylation is 1. The molecule has 0 bridgehead atoms. The number of hydrogen-bond donors (Lipinski definition) is 1. The van der Waals surface area contributed by atoms with Gasteiger partial charge in [-0.2, -0.15) is 5.10 Å². The number of amides is 1. The fourth-order valence-corrected chi connectivity index (χ4v) is 4.85. The Balaban J connectivity index is 1.49. The molecule has 0 aliphatic carbocycles. The molecule has 2 saturated heterocycles. The molecule has 3 aliphatic heterocycles. The van der Waals surface area contributed by atoms with Gasteiger partial charge in [-0.25, -0.2) is 0 Å². The highest BCUT2D eigenvalue weighted by atomic mass is 16.5. The van der Waals surface area contributed by atoms with Crippen molar-refractivity contribution in [2.75, 3.05) is 44.8 Å². The van der Waals surface area contributed by atoms with E-state index in [2.05, 4.69) is 21.4 Å². The van der Waals surface area contributed by atoms with Gasteiger partial charge in [0.2, 0.25) is 5.91 Å². The molecule has 0 aromatic carbocycles. The standard InChI is InChI=1S/C19H28N4O3/c1-22-12-16(11-20-22)21-18(24)13-23-7-2-6-19(14-26-10-5-17(19)23)15-3-8-25-9-4-15/h3,11-12,17H,2,4-10,13-14H2,1H3,(H,21,24)/t17-,19-/m1/s1. The lowest BCUT2D eigenvalue weighted by molar-refractivity contribution is -0.123. The Hall–Kier alpha value is -1.70. The van der Waals surface area contributed by atoms with Crippen molar-refractivity contribution in [2.24, 2.45) is 12.5 Å². The lowest BCUT2D eigenvalue weighted by Crippen LogP contribution is -2.59. The molecule has 26 heavy (non-hydrogen) atoms. The Morgan fingerprint density at radius 1 is 1.42 bits per heavy atom. The minimum Gasteiger partial charge on any atom is -0.380 e.